The Labute approximate surface area is 109 Å². The molecule has 6 heteroatoms. The number of rotatable bonds is 4. The number of hydrogen-bond donors (Lipinski definition) is 2. The molecule has 0 fully saturated rings. The van der Waals surface area contributed by atoms with Crippen LogP contribution in [0.15, 0.2) is 23.7 Å². The van der Waals surface area contributed by atoms with Crippen LogP contribution in [-0.4, -0.2) is 15.2 Å². The van der Waals surface area contributed by atoms with Crippen molar-refractivity contribution in [3.8, 4) is 0 Å². The van der Waals surface area contributed by atoms with Gasteiger partial charge in [-0.3, -0.25) is 0 Å². The van der Waals surface area contributed by atoms with E-state index in [1.165, 1.54) is 10.4 Å². The maximum absolute atomic E-state index is 5.62. The molecule has 88 valence electrons. The van der Waals surface area contributed by atoms with Crippen LogP contribution in [0.25, 0.3) is 0 Å². The highest BCUT2D eigenvalue weighted by molar-refractivity contribution is 7.80. The van der Waals surface area contributed by atoms with Gasteiger partial charge in [0.25, 0.3) is 0 Å². The van der Waals surface area contributed by atoms with E-state index >= 15 is 0 Å². The third-order valence-electron chi connectivity index (χ3n) is 2.37. The lowest BCUT2D eigenvalue weighted by atomic mass is 10.2. The second-order valence-electron chi connectivity index (χ2n) is 3.54. The van der Waals surface area contributed by atoms with Gasteiger partial charge in [0.2, 0.25) is 0 Å². The molecule has 0 spiro atoms. The standard InChI is InChI=1S/C11H12N4S2/c1-7-3-5-17-9(7)6-13-11-8(10(12)16)2-4-14-15-11/h2-5H,6H2,1H3,(H2,12,16)(H,13,15). The summed E-state index contributed by atoms with van der Waals surface area (Å²) in [5, 5.41) is 13.1. The molecule has 0 radical (unpaired) electrons. The summed E-state index contributed by atoms with van der Waals surface area (Å²) in [5.74, 6) is 0.632. The van der Waals surface area contributed by atoms with Crippen LogP contribution in [0.4, 0.5) is 5.82 Å². The Bertz CT molecular complexity index is 536. The lowest BCUT2D eigenvalue weighted by Gasteiger charge is -2.08. The van der Waals surface area contributed by atoms with Crippen molar-refractivity contribution < 1.29 is 0 Å². The molecule has 2 rings (SSSR count). The van der Waals surface area contributed by atoms with E-state index in [9.17, 15) is 0 Å². The van der Waals surface area contributed by atoms with Crippen molar-refractivity contribution in [1.29, 1.82) is 0 Å². The maximum Gasteiger partial charge on any atom is 0.159 e. The average molecular weight is 264 g/mol. The van der Waals surface area contributed by atoms with Crippen LogP contribution in [0.5, 0.6) is 0 Å². The van der Waals surface area contributed by atoms with Gasteiger partial charge in [0, 0.05) is 4.88 Å². The predicted octanol–water partition coefficient (Wildman–Crippen LogP) is 2.09. The first kappa shape index (κ1) is 11.9. The number of nitrogens with two attached hydrogens (primary N) is 1. The summed E-state index contributed by atoms with van der Waals surface area (Å²) in [6, 6.07) is 3.85. The molecule has 0 saturated carbocycles. The molecule has 0 aromatic carbocycles. The van der Waals surface area contributed by atoms with Crippen LogP contribution in [0.2, 0.25) is 0 Å². The molecule has 2 aromatic rings. The SMILES string of the molecule is Cc1ccsc1CNc1nnccc1C(N)=S. The number of anilines is 1. The Morgan fingerprint density at radius 3 is 3.00 bits per heavy atom. The zero-order valence-electron chi connectivity index (χ0n) is 9.30. The summed E-state index contributed by atoms with van der Waals surface area (Å²) in [5.41, 5.74) is 7.61. The predicted molar refractivity (Wildman–Crippen MR) is 74.3 cm³/mol. The second-order valence-corrected chi connectivity index (χ2v) is 4.98. The molecule has 0 aliphatic carbocycles. The molecule has 2 aromatic heterocycles. The van der Waals surface area contributed by atoms with Crippen LogP contribution >= 0.6 is 23.6 Å². The number of thiocarbonyl (C=S) groups is 1. The number of aryl methyl sites for hydroxylation is 1. The monoisotopic (exact) mass is 264 g/mol. The fraction of sp³-hybridized carbons (Fsp3) is 0.182. The van der Waals surface area contributed by atoms with Crippen LogP contribution in [-0.2, 0) is 6.54 Å². The first-order valence-corrected chi connectivity index (χ1v) is 6.35. The van der Waals surface area contributed by atoms with E-state index in [0.717, 1.165) is 5.56 Å². The Hall–Kier alpha value is -1.53. The van der Waals surface area contributed by atoms with E-state index in [1.807, 2.05) is 0 Å². The molecule has 17 heavy (non-hydrogen) atoms. The van der Waals surface area contributed by atoms with E-state index in [1.54, 1.807) is 23.6 Å². The zero-order valence-corrected chi connectivity index (χ0v) is 10.9. The molecule has 0 aliphatic rings. The fourth-order valence-corrected chi connectivity index (χ4v) is 2.42. The molecule has 0 bridgehead atoms. The maximum atomic E-state index is 5.62. The smallest absolute Gasteiger partial charge is 0.159 e. The first-order valence-electron chi connectivity index (χ1n) is 5.07. The molecule has 0 amide bonds. The van der Waals surface area contributed by atoms with Crippen LogP contribution < -0.4 is 11.1 Å². The van der Waals surface area contributed by atoms with Crippen molar-refractivity contribution in [2.45, 2.75) is 13.5 Å². The highest BCUT2D eigenvalue weighted by Crippen LogP contribution is 2.18. The average Bonchev–Trinajstić information content (AvgIpc) is 2.72. The van der Waals surface area contributed by atoms with Gasteiger partial charge in [-0.2, -0.15) is 5.10 Å². The Balaban J connectivity index is 2.14. The van der Waals surface area contributed by atoms with Gasteiger partial charge in [-0.25, -0.2) is 0 Å². The number of aromatic nitrogens is 2. The van der Waals surface area contributed by atoms with E-state index in [2.05, 4.69) is 33.9 Å². The fourth-order valence-electron chi connectivity index (χ4n) is 1.41. The summed E-state index contributed by atoms with van der Waals surface area (Å²) in [4.78, 5) is 1.59. The summed E-state index contributed by atoms with van der Waals surface area (Å²) in [6.45, 7) is 2.79. The van der Waals surface area contributed by atoms with Crippen LogP contribution in [0.1, 0.15) is 16.0 Å². The highest BCUT2D eigenvalue weighted by Gasteiger charge is 2.07. The van der Waals surface area contributed by atoms with Gasteiger partial charge in [0.15, 0.2) is 5.82 Å². The minimum absolute atomic E-state index is 0.324. The van der Waals surface area contributed by atoms with Gasteiger partial charge in [-0.05, 0) is 30.0 Å². The third kappa shape index (κ3) is 2.78. The summed E-state index contributed by atoms with van der Waals surface area (Å²) in [6.07, 6.45) is 1.58. The van der Waals surface area contributed by atoms with Crippen molar-refractivity contribution >= 4 is 34.4 Å². The Morgan fingerprint density at radius 1 is 1.53 bits per heavy atom. The van der Waals surface area contributed by atoms with Crippen LogP contribution in [0.3, 0.4) is 0 Å². The molecule has 4 nitrogen and oxygen atoms in total. The van der Waals surface area contributed by atoms with Gasteiger partial charge >= 0.3 is 0 Å². The first-order chi connectivity index (χ1) is 8.18. The minimum Gasteiger partial charge on any atom is -0.389 e. The lowest BCUT2D eigenvalue weighted by Crippen LogP contribution is -2.14. The second kappa shape index (κ2) is 5.20. The van der Waals surface area contributed by atoms with E-state index in [-0.39, 0.29) is 0 Å². The molecule has 0 aliphatic heterocycles. The van der Waals surface area contributed by atoms with Gasteiger partial charge in [-0.1, -0.05) is 12.2 Å². The zero-order chi connectivity index (χ0) is 12.3. The van der Waals surface area contributed by atoms with Gasteiger partial charge < -0.3 is 11.1 Å². The quantitative estimate of drug-likeness (QED) is 0.828. The number of thiophene rings is 1. The highest BCUT2D eigenvalue weighted by atomic mass is 32.1. The van der Waals surface area contributed by atoms with Gasteiger partial charge in [0.1, 0.15) is 4.99 Å². The molecular formula is C11H12N4S2. The molecule has 3 N–H and O–H groups in total. The van der Waals surface area contributed by atoms with E-state index in [4.69, 9.17) is 18.0 Å². The number of nitrogens with zero attached hydrogens (tertiary/aromatic N) is 2. The van der Waals surface area contributed by atoms with Crippen molar-refractivity contribution in [1.82, 2.24) is 10.2 Å². The molecule has 0 atom stereocenters. The van der Waals surface area contributed by atoms with Crippen LogP contribution in [0, 0.1) is 6.92 Å². The van der Waals surface area contributed by atoms with Crippen molar-refractivity contribution in [3.63, 3.8) is 0 Å². The molecule has 0 unspecified atom stereocenters. The molecule has 2 heterocycles. The summed E-state index contributed by atoms with van der Waals surface area (Å²) < 4.78 is 0. The minimum atomic E-state index is 0.324. The number of nitrogens with one attached hydrogen (secondary N) is 1. The molecule has 0 saturated heterocycles. The van der Waals surface area contributed by atoms with E-state index in [0.29, 0.717) is 17.4 Å². The third-order valence-corrected chi connectivity index (χ3v) is 3.61. The van der Waals surface area contributed by atoms with Crippen molar-refractivity contribution in [2.75, 3.05) is 5.32 Å². The lowest BCUT2D eigenvalue weighted by molar-refractivity contribution is 1.000. The number of hydrogen-bond acceptors (Lipinski definition) is 5. The topological polar surface area (TPSA) is 63.8 Å². The molecular weight excluding hydrogens is 252 g/mol. The van der Waals surface area contributed by atoms with Gasteiger partial charge in [-0.15, -0.1) is 16.4 Å². The largest absolute Gasteiger partial charge is 0.389 e. The van der Waals surface area contributed by atoms with Crippen molar-refractivity contribution in [3.05, 3.63) is 39.7 Å². The van der Waals surface area contributed by atoms with Crippen molar-refractivity contribution in [2.24, 2.45) is 5.73 Å². The summed E-state index contributed by atoms with van der Waals surface area (Å²) >= 11 is 6.67. The van der Waals surface area contributed by atoms with E-state index < -0.39 is 0 Å². The van der Waals surface area contributed by atoms with Gasteiger partial charge in [0.05, 0.1) is 18.3 Å². The Morgan fingerprint density at radius 2 is 2.35 bits per heavy atom. The normalized spacial score (nSPS) is 10.2. The summed E-state index contributed by atoms with van der Waals surface area (Å²) in [7, 11) is 0. The Kier molecular flexibility index (Phi) is 3.65.